The van der Waals surface area contributed by atoms with Gasteiger partial charge >= 0.3 is 0 Å². The molecule has 0 spiro atoms. The van der Waals surface area contributed by atoms with Crippen LogP contribution in [0.2, 0.25) is 0 Å². The summed E-state index contributed by atoms with van der Waals surface area (Å²) < 4.78 is 14.6. The molecule has 1 saturated carbocycles. The largest absolute Gasteiger partial charge is 0.355 e. The lowest BCUT2D eigenvalue weighted by Crippen LogP contribution is -2.52. The number of hydrogen-bond donors (Lipinski definition) is 3. The van der Waals surface area contributed by atoms with Crippen molar-refractivity contribution in [3.8, 4) is 0 Å². The number of halogens is 1. The molecule has 7 nitrogen and oxygen atoms in total. The molecule has 0 atom stereocenters. The smallest absolute Gasteiger partial charge is 0.253 e. The molecular formula is C21H20FN5O2S. The number of nitrogens with zero attached hydrogens (tertiary/aromatic N) is 2. The minimum atomic E-state index is -0.766. The zero-order valence-corrected chi connectivity index (χ0v) is 17.3. The highest BCUT2D eigenvalue weighted by Gasteiger charge is 2.50. The van der Waals surface area contributed by atoms with E-state index in [2.05, 4.69) is 20.8 Å². The van der Waals surface area contributed by atoms with Crippen LogP contribution in [0.4, 0.5) is 21.5 Å². The van der Waals surface area contributed by atoms with E-state index >= 15 is 0 Å². The average molecular weight is 425 g/mol. The molecule has 0 heterocycles. The molecule has 3 N–H and O–H groups in total. The summed E-state index contributed by atoms with van der Waals surface area (Å²) >= 11 is 5.59. The van der Waals surface area contributed by atoms with Gasteiger partial charge in [0.05, 0.1) is 12.1 Å². The first kappa shape index (κ1) is 21.2. The third kappa shape index (κ3) is 4.09. The number of hydrogen-bond acceptors (Lipinski definition) is 3. The van der Waals surface area contributed by atoms with Gasteiger partial charge in [0.1, 0.15) is 11.5 Å². The predicted molar refractivity (Wildman–Crippen MR) is 117 cm³/mol. The summed E-state index contributed by atoms with van der Waals surface area (Å²) in [4.78, 5) is 28.1. The molecule has 1 aliphatic carbocycles. The second kappa shape index (κ2) is 8.47. The van der Waals surface area contributed by atoms with Crippen molar-refractivity contribution in [1.29, 1.82) is 0 Å². The van der Waals surface area contributed by atoms with Crippen molar-refractivity contribution in [1.82, 2.24) is 10.6 Å². The van der Waals surface area contributed by atoms with E-state index in [9.17, 15) is 14.0 Å². The monoisotopic (exact) mass is 425 g/mol. The van der Waals surface area contributed by atoms with E-state index < -0.39 is 17.4 Å². The molecule has 0 saturated heterocycles. The second-order valence-corrected chi connectivity index (χ2v) is 7.30. The molecule has 0 bridgehead atoms. The summed E-state index contributed by atoms with van der Waals surface area (Å²) in [6.45, 7) is 8.98. The summed E-state index contributed by atoms with van der Waals surface area (Å²) in [5.74, 6) is -1.23. The summed E-state index contributed by atoms with van der Waals surface area (Å²) in [6, 6.07) is 9.39. The van der Waals surface area contributed by atoms with Crippen molar-refractivity contribution in [2.24, 2.45) is 0 Å². The fourth-order valence-corrected chi connectivity index (χ4v) is 3.62. The normalized spacial score (nSPS) is 13.5. The Kier molecular flexibility index (Phi) is 5.99. The fraction of sp³-hybridized carbons (Fsp3) is 0.238. The van der Waals surface area contributed by atoms with Crippen molar-refractivity contribution in [3.05, 3.63) is 64.8 Å². The van der Waals surface area contributed by atoms with E-state index in [1.807, 2.05) is 6.92 Å². The molecule has 0 unspecified atom stereocenters. The Morgan fingerprint density at radius 3 is 2.57 bits per heavy atom. The van der Waals surface area contributed by atoms with Crippen LogP contribution >= 0.6 is 12.2 Å². The van der Waals surface area contributed by atoms with Gasteiger partial charge in [-0.3, -0.25) is 14.5 Å². The molecule has 30 heavy (non-hydrogen) atoms. The Morgan fingerprint density at radius 1 is 1.30 bits per heavy atom. The van der Waals surface area contributed by atoms with Gasteiger partial charge < -0.3 is 16.0 Å². The summed E-state index contributed by atoms with van der Waals surface area (Å²) in [5.41, 5.74) is 1.55. The Bertz CT molecular complexity index is 1060. The molecule has 1 fully saturated rings. The molecule has 0 radical (unpaired) electrons. The van der Waals surface area contributed by atoms with Gasteiger partial charge in [-0.05, 0) is 67.9 Å². The van der Waals surface area contributed by atoms with Crippen LogP contribution in [-0.4, -0.2) is 30.1 Å². The van der Waals surface area contributed by atoms with Crippen molar-refractivity contribution < 1.29 is 14.0 Å². The summed E-state index contributed by atoms with van der Waals surface area (Å²) in [5, 5.41) is 8.52. The van der Waals surface area contributed by atoms with Crippen LogP contribution in [0.15, 0.2) is 36.4 Å². The van der Waals surface area contributed by atoms with E-state index in [1.165, 1.54) is 19.2 Å². The number of carbonyl (C=O) groups excluding carboxylic acids is 2. The van der Waals surface area contributed by atoms with Gasteiger partial charge in [0, 0.05) is 18.4 Å². The highest BCUT2D eigenvalue weighted by atomic mass is 32.1. The SMILES string of the molecule is [C-]#[N+]c1ccc(NC(=S)N(c2ccc(C(=O)NC)c(F)c2)C2(NC=O)CC2)cc1C. The third-order valence-corrected chi connectivity index (χ3v) is 5.22. The topological polar surface area (TPSA) is 77.8 Å². The van der Waals surface area contributed by atoms with E-state index in [4.69, 9.17) is 18.8 Å². The lowest BCUT2D eigenvalue weighted by atomic mass is 10.1. The molecular weight excluding hydrogens is 405 g/mol. The molecule has 2 amide bonds. The maximum absolute atomic E-state index is 14.6. The van der Waals surface area contributed by atoms with Crippen molar-refractivity contribution >= 4 is 46.7 Å². The van der Waals surface area contributed by atoms with E-state index in [0.717, 1.165) is 5.56 Å². The lowest BCUT2D eigenvalue weighted by Gasteiger charge is -2.34. The molecule has 2 aromatic rings. The van der Waals surface area contributed by atoms with E-state index in [-0.39, 0.29) is 10.7 Å². The van der Waals surface area contributed by atoms with Gasteiger partial charge in [0.2, 0.25) is 6.41 Å². The van der Waals surface area contributed by atoms with Crippen molar-refractivity contribution in [2.45, 2.75) is 25.4 Å². The molecule has 9 heteroatoms. The first-order valence-electron chi connectivity index (χ1n) is 9.17. The number of rotatable bonds is 6. The quantitative estimate of drug-likeness (QED) is 0.286. The minimum Gasteiger partial charge on any atom is -0.355 e. The van der Waals surface area contributed by atoms with Crippen LogP contribution in [-0.2, 0) is 4.79 Å². The van der Waals surface area contributed by atoms with Crippen LogP contribution in [0.5, 0.6) is 0 Å². The molecule has 3 rings (SSSR count). The number of anilines is 2. The number of aryl methyl sites for hydroxylation is 1. The van der Waals surface area contributed by atoms with Gasteiger partial charge in [-0.25, -0.2) is 9.24 Å². The van der Waals surface area contributed by atoms with Crippen LogP contribution in [0.1, 0.15) is 28.8 Å². The lowest BCUT2D eigenvalue weighted by molar-refractivity contribution is -0.110. The van der Waals surface area contributed by atoms with Gasteiger partial charge in [-0.15, -0.1) is 0 Å². The molecule has 0 aromatic heterocycles. The molecule has 0 aliphatic heterocycles. The first-order valence-corrected chi connectivity index (χ1v) is 9.58. The van der Waals surface area contributed by atoms with Gasteiger partial charge in [0.15, 0.2) is 10.8 Å². The van der Waals surface area contributed by atoms with Crippen LogP contribution in [0, 0.1) is 19.3 Å². The maximum atomic E-state index is 14.6. The minimum absolute atomic E-state index is 0.0846. The van der Waals surface area contributed by atoms with Gasteiger partial charge in [-0.2, -0.15) is 0 Å². The third-order valence-electron chi connectivity index (χ3n) is 4.93. The van der Waals surface area contributed by atoms with Gasteiger partial charge in [-0.1, -0.05) is 6.07 Å². The highest BCUT2D eigenvalue weighted by molar-refractivity contribution is 7.80. The Hall–Kier alpha value is -3.51. The van der Waals surface area contributed by atoms with Crippen molar-refractivity contribution in [2.75, 3.05) is 17.3 Å². The molecule has 154 valence electrons. The zero-order chi connectivity index (χ0) is 21.9. The maximum Gasteiger partial charge on any atom is 0.253 e. The number of carbonyl (C=O) groups is 2. The summed E-state index contributed by atoms with van der Waals surface area (Å²) in [6.07, 6.45) is 1.84. The van der Waals surface area contributed by atoms with Crippen LogP contribution in [0.3, 0.4) is 0 Å². The Labute approximate surface area is 179 Å². The van der Waals surface area contributed by atoms with Gasteiger partial charge in [0.25, 0.3) is 5.91 Å². The predicted octanol–water partition coefficient (Wildman–Crippen LogP) is 3.48. The van der Waals surface area contributed by atoms with Crippen molar-refractivity contribution in [3.63, 3.8) is 0 Å². The second-order valence-electron chi connectivity index (χ2n) is 6.92. The Balaban J connectivity index is 1.96. The highest BCUT2D eigenvalue weighted by Crippen LogP contribution is 2.42. The Morgan fingerprint density at radius 2 is 2.03 bits per heavy atom. The first-order chi connectivity index (χ1) is 14.3. The number of benzene rings is 2. The number of nitrogens with one attached hydrogen (secondary N) is 3. The molecule has 2 aromatic carbocycles. The van der Waals surface area contributed by atoms with E-state index in [0.29, 0.717) is 36.3 Å². The van der Waals surface area contributed by atoms with Crippen LogP contribution in [0.25, 0.3) is 4.85 Å². The van der Waals surface area contributed by atoms with E-state index in [1.54, 1.807) is 29.2 Å². The van der Waals surface area contributed by atoms with Crippen LogP contribution < -0.4 is 20.9 Å². The number of amides is 2. The average Bonchev–Trinajstić information content (AvgIpc) is 3.48. The number of thiocarbonyl (C=S) groups is 1. The standard InChI is InChI=1S/C21H20FN5O2S/c1-13-10-14(4-7-18(13)23-2)26-20(30)27(21(8-9-21)25-12-28)15-5-6-16(17(22)11-15)19(29)24-3/h4-7,10-12H,8-9H2,1,3H3,(H,24,29)(H,25,28)(H,26,30). The zero-order valence-electron chi connectivity index (χ0n) is 16.5. The fourth-order valence-electron chi connectivity index (χ4n) is 3.22. The molecule has 1 aliphatic rings. The summed E-state index contributed by atoms with van der Waals surface area (Å²) in [7, 11) is 1.43.